The third kappa shape index (κ3) is 2.83. The van der Waals surface area contributed by atoms with Gasteiger partial charge in [-0.2, -0.15) is 0 Å². The molecule has 0 aromatic rings. The second-order valence-electron chi connectivity index (χ2n) is 4.20. The zero-order valence-corrected chi connectivity index (χ0v) is 10.1. The molecule has 1 fully saturated rings. The number of rotatable bonds is 5. The summed E-state index contributed by atoms with van der Waals surface area (Å²) in [6, 6.07) is 0. The largest absolute Gasteiger partial charge is 0.468 e. The van der Waals surface area contributed by atoms with Gasteiger partial charge >= 0.3 is 5.97 Å². The van der Waals surface area contributed by atoms with Crippen LogP contribution in [0.1, 0.15) is 25.7 Å². The zero-order chi connectivity index (χ0) is 12.0. The SMILES string of the molecule is C=CCNC1(C(=O)OC)CCCC(OC)C1. The number of nitrogens with one attached hydrogen (secondary N) is 1. The van der Waals surface area contributed by atoms with Crippen molar-refractivity contribution in [2.24, 2.45) is 0 Å². The van der Waals surface area contributed by atoms with Gasteiger partial charge in [-0.1, -0.05) is 6.08 Å². The van der Waals surface area contributed by atoms with Gasteiger partial charge in [0.1, 0.15) is 5.54 Å². The quantitative estimate of drug-likeness (QED) is 0.567. The first-order chi connectivity index (χ1) is 7.68. The molecule has 1 rings (SSSR count). The minimum absolute atomic E-state index is 0.130. The maximum absolute atomic E-state index is 11.9. The molecule has 92 valence electrons. The summed E-state index contributed by atoms with van der Waals surface area (Å²) in [5, 5.41) is 3.23. The Kier molecular flexibility index (Phi) is 4.96. The summed E-state index contributed by atoms with van der Waals surface area (Å²) in [5.41, 5.74) is -0.595. The van der Waals surface area contributed by atoms with Gasteiger partial charge in [-0.15, -0.1) is 6.58 Å². The lowest BCUT2D eigenvalue weighted by Crippen LogP contribution is -2.56. The summed E-state index contributed by atoms with van der Waals surface area (Å²) < 4.78 is 10.2. The van der Waals surface area contributed by atoms with E-state index in [-0.39, 0.29) is 12.1 Å². The van der Waals surface area contributed by atoms with E-state index in [4.69, 9.17) is 9.47 Å². The molecule has 1 aliphatic rings. The van der Waals surface area contributed by atoms with Crippen LogP contribution >= 0.6 is 0 Å². The smallest absolute Gasteiger partial charge is 0.326 e. The third-order valence-corrected chi connectivity index (χ3v) is 3.20. The molecular formula is C12H21NO3. The Morgan fingerprint density at radius 3 is 2.94 bits per heavy atom. The molecule has 1 saturated carbocycles. The maximum atomic E-state index is 11.9. The maximum Gasteiger partial charge on any atom is 0.326 e. The number of carbonyl (C=O) groups excluding carboxylic acids is 1. The number of hydrogen-bond acceptors (Lipinski definition) is 4. The van der Waals surface area contributed by atoms with Crippen LogP contribution in [0.2, 0.25) is 0 Å². The second kappa shape index (κ2) is 6.01. The van der Waals surface area contributed by atoms with E-state index < -0.39 is 5.54 Å². The third-order valence-electron chi connectivity index (χ3n) is 3.20. The number of esters is 1. The Balaban J connectivity index is 2.76. The summed E-state index contributed by atoms with van der Waals surface area (Å²) in [6.45, 7) is 4.26. The van der Waals surface area contributed by atoms with Gasteiger partial charge in [0.25, 0.3) is 0 Å². The van der Waals surface area contributed by atoms with Crippen LogP contribution in [0, 0.1) is 0 Å². The molecule has 0 saturated heterocycles. The molecule has 0 aromatic carbocycles. The monoisotopic (exact) mass is 227 g/mol. The summed E-state index contributed by atoms with van der Waals surface area (Å²) in [5.74, 6) is -0.198. The minimum atomic E-state index is -0.595. The predicted octanol–water partition coefficient (Wildman–Crippen LogP) is 1.26. The molecule has 0 spiro atoms. The molecule has 2 unspecified atom stereocenters. The summed E-state index contributed by atoms with van der Waals surface area (Å²) in [6.07, 6.45) is 5.33. The lowest BCUT2D eigenvalue weighted by molar-refractivity contribution is -0.152. The first kappa shape index (κ1) is 13.2. The molecule has 0 heterocycles. The number of ether oxygens (including phenoxy) is 2. The average Bonchev–Trinajstić information content (AvgIpc) is 2.35. The van der Waals surface area contributed by atoms with Crippen molar-refractivity contribution in [3.63, 3.8) is 0 Å². The van der Waals surface area contributed by atoms with Crippen molar-refractivity contribution in [3.8, 4) is 0 Å². The summed E-state index contributed by atoms with van der Waals surface area (Å²) in [4.78, 5) is 11.9. The van der Waals surface area contributed by atoms with Crippen molar-refractivity contribution < 1.29 is 14.3 Å². The molecule has 0 bridgehead atoms. The minimum Gasteiger partial charge on any atom is -0.468 e. The standard InChI is InChI=1S/C12H21NO3/c1-4-8-13-12(11(14)16-3)7-5-6-10(9-12)15-2/h4,10,13H,1,5-9H2,2-3H3. The highest BCUT2D eigenvalue weighted by atomic mass is 16.5. The van der Waals surface area contributed by atoms with Crippen LogP contribution in [-0.2, 0) is 14.3 Å². The topological polar surface area (TPSA) is 47.6 Å². The van der Waals surface area contributed by atoms with Crippen molar-refractivity contribution in [3.05, 3.63) is 12.7 Å². The Bertz CT molecular complexity index is 255. The fourth-order valence-electron chi connectivity index (χ4n) is 2.31. The lowest BCUT2D eigenvalue weighted by atomic mass is 9.80. The summed E-state index contributed by atoms with van der Waals surface area (Å²) in [7, 11) is 3.11. The molecule has 0 aromatic heterocycles. The molecule has 2 atom stereocenters. The average molecular weight is 227 g/mol. The molecule has 1 aliphatic carbocycles. The molecule has 0 amide bonds. The van der Waals surface area contributed by atoms with E-state index in [0.717, 1.165) is 19.3 Å². The van der Waals surface area contributed by atoms with Crippen molar-refractivity contribution in [2.75, 3.05) is 20.8 Å². The molecule has 1 N–H and O–H groups in total. The second-order valence-corrected chi connectivity index (χ2v) is 4.20. The fourth-order valence-corrected chi connectivity index (χ4v) is 2.31. The Morgan fingerprint density at radius 2 is 2.38 bits per heavy atom. The lowest BCUT2D eigenvalue weighted by Gasteiger charge is -2.38. The van der Waals surface area contributed by atoms with Gasteiger partial charge in [0.15, 0.2) is 0 Å². The van der Waals surface area contributed by atoms with E-state index >= 15 is 0 Å². The van der Waals surface area contributed by atoms with Crippen LogP contribution in [0.25, 0.3) is 0 Å². The zero-order valence-electron chi connectivity index (χ0n) is 10.1. The molecule has 4 heteroatoms. The van der Waals surface area contributed by atoms with E-state index in [1.165, 1.54) is 7.11 Å². The Hall–Kier alpha value is -0.870. The van der Waals surface area contributed by atoms with Crippen molar-refractivity contribution in [2.45, 2.75) is 37.3 Å². The van der Waals surface area contributed by atoms with E-state index in [0.29, 0.717) is 13.0 Å². The van der Waals surface area contributed by atoms with Crippen LogP contribution in [0.3, 0.4) is 0 Å². The Morgan fingerprint density at radius 1 is 1.62 bits per heavy atom. The molecular weight excluding hydrogens is 206 g/mol. The van der Waals surface area contributed by atoms with Gasteiger partial charge in [0.2, 0.25) is 0 Å². The van der Waals surface area contributed by atoms with Gasteiger partial charge in [-0.05, 0) is 19.3 Å². The molecule has 4 nitrogen and oxygen atoms in total. The fraction of sp³-hybridized carbons (Fsp3) is 0.750. The van der Waals surface area contributed by atoms with Gasteiger partial charge in [-0.25, -0.2) is 0 Å². The first-order valence-electron chi connectivity index (χ1n) is 5.65. The van der Waals surface area contributed by atoms with Crippen molar-refractivity contribution in [1.29, 1.82) is 0 Å². The highest BCUT2D eigenvalue weighted by Gasteiger charge is 2.43. The van der Waals surface area contributed by atoms with Crippen LogP contribution < -0.4 is 5.32 Å². The summed E-state index contributed by atoms with van der Waals surface area (Å²) >= 11 is 0. The first-order valence-corrected chi connectivity index (χ1v) is 5.65. The highest BCUT2D eigenvalue weighted by Crippen LogP contribution is 2.31. The number of carbonyl (C=O) groups is 1. The van der Waals surface area contributed by atoms with E-state index in [2.05, 4.69) is 11.9 Å². The van der Waals surface area contributed by atoms with Crippen LogP contribution in [0.5, 0.6) is 0 Å². The Labute approximate surface area is 97.0 Å². The number of methoxy groups -OCH3 is 2. The van der Waals surface area contributed by atoms with E-state index in [1.807, 2.05) is 0 Å². The molecule has 0 aliphatic heterocycles. The van der Waals surface area contributed by atoms with Gasteiger partial charge in [0.05, 0.1) is 13.2 Å². The van der Waals surface area contributed by atoms with Crippen LogP contribution in [0.15, 0.2) is 12.7 Å². The highest BCUT2D eigenvalue weighted by molar-refractivity contribution is 5.81. The van der Waals surface area contributed by atoms with Crippen molar-refractivity contribution in [1.82, 2.24) is 5.32 Å². The number of hydrogen-bond donors (Lipinski definition) is 1. The molecule has 16 heavy (non-hydrogen) atoms. The van der Waals surface area contributed by atoms with Gasteiger partial charge < -0.3 is 9.47 Å². The van der Waals surface area contributed by atoms with Gasteiger partial charge in [-0.3, -0.25) is 10.1 Å². The van der Waals surface area contributed by atoms with E-state index in [1.54, 1.807) is 13.2 Å². The normalized spacial score (nSPS) is 29.8. The van der Waals surface area contributed by atoms with E-state index in [9.17, 15) is 4.79 Å². The van der Waals surface area contributed by atoms with Crippen LogP contribution in [-0.4, -0.2) is 38.4 Å². The van der Waals surface area contributed by atoms with Crippen molar-refractivity contribution >= 4 is 5.97 Å². The van der Waals surface area contributed by atoms with Gasteiger partial charge in [0, 0.05) is 20.1 Å². The predicted molar refractivity (Wildman–Crippen MR) is 62.2 cm³/mol. The van der Waals surface area contributed by atoms with Crippen LogP contribution in [0.4, 0.5) is 0 Å². The molecule has 0 radical (unpaired) electrons.